The molecule has 0 amide bonds. The Morgan fingerprint density at radius 1 is 1.71 bits per heavy atom. The molecule has 1 atom stereocenters. The summed E-state index contributed by atoms with van der Waals surface area (Å²) in [6.45, 7) is 3.55. The van der Waals surface area contributed by atoms with Crippen LogP contribution in [-0.2, 0) is 11.3 Å². The van der Waals surface area contributed by atoms with Crippen LogP contribution < -0.4 is 5.73 Å². The molecule has 0 aliphatic carbocycles. The molecule has 1 aromatic rings. The summed E-state index contributed by atoms with van der Waals surface area (Å²) in [4.78, 5) is 12.4. The number of morpholine rings is 1. The molecule has 0 aromatic carbocycles. The highest BCUT2D eigenvalue weighted by Crippen LogP contribution is 2.23. The lowest BCUT2D eigenvalue weighted by molar-refractivity contribution is -0.380. The minimum absolute atomic E-state index is 0.0809. The first kappa shape index (κ1) is 12.4. The Morgan fingerprint density at radius 2 is 2.53 bits per heavy atom. The summed E-state index contributed by atoms with van der Waals surface area (Å²) in [7, 11) is 0. The van der Waals surface area contributed by atoms with Gasteiger partial charge < -0.3 is 10.5 Å². The zero-order chi connectivity index (χ0) is 12.3. The van der Waals surface area contributed by atoms with Crippen molar-refractivity contribution in [1.82, 2.24) is 4.90 Å². The van der Waals surface area contributed by atoms with Gasteiger partial charge >= 0.3 is 5.00 Å². The first-order valence-corrected chi connectivity index (χ1v) is 6.33. The highest BCUT2D eigenvalue weighted by Gasteiger charge is 2.20. The van der Waals surface area contributed by atoms with E-state index in [1.165, 1.54) is 11.3 Å². The second-order valence-electron chi connectivity index (χ2n) is 4.01. The third kappa shape index (κ3) is 3.22. The predicted molar refractivity (Wildman–Crippen MR) is 65.0 cm³/mol. The lowest BCUT2D eigenvalue weighted by atomic mass is 10.2. The van der Waals surface area contributed by atoms with Crippen LogP contribution in [0.15, 0.2) is 11.4 Å². The normalized spacial score (nSPS) is 21.6. The van der Waals surface area contributed by atoms with E-state index in [-0.39, 0.29) is 16.0 Å². The van der Waals surface area contributed by atoms with Crippen molar-refractivity contribution in [3.8, 4) is 0 Å². The van der Waals surface area contributed by atoms with Crippen molar-refractivity contribution in [2.24, 2.45) is 5.73 Å². The molecule has 0 radical (unpaired) electrons. The average molecular weight is 257 g/mol. The summed E-state index contributed by atoms with van der Waals surface area (Å²) in [6.07, 6.45) is 0.0809. The molecular formula is C10H15N3O3S. The first-order valence-electron chi connectivity index (χ1n) is 5.45. The van der Waals surface area contributed by atoms with Crippen molar-refractivity contribution in [3.63, 3.8) is 0 Å². The maximum absolute atomic E-state index is 10.6. The molecule has 94 valence electrons. The van der Waals surface area contributed by atoms with Crippen LogP contribution in [-0.4, -0.2) is 42.2 Å². The van der Waals surface area contributed by atoms with Crippen LogP contribution in [0.5, 0.6) is 0 Å². The molecule has 2 heterocycles. The van der Waals surface area contributed by atoms with Gasteiger partial charge in [-0.2, -0.15) is 0 Å². The second-order valence-corrected chi connectivity index (χ2v) is 4.90. The molecule has 6 nitrogen and oxygen atoms in total. The van der Waals surface area contributed by atoms with E-state index in [9.17, 15) is 10.1 Å². The number of thiophene rings is 1. The molecule has 1 unspecified atom stereocenters. The minimum Gasteiger partial charge on any atom is -0.374 e. The molecule has 1 fully saturated rings. The number of hydrogen-bond acceptors (Lipinski definition) is 6. The van der Waals surface area contributed by atoms with Crippen molar-refractivity contribution >= 4 is 16.3 Å². The third-order valence-corrected chi connectivity index (χ3v) is 3.64. The van der Waals surface area contributed by atoms with Gasteiger partial charge in [0.1, 0.15) is 0 Å². The molecule has 17 heavy (non-hydrogen) atoms. The number of rotatable bonds is 4. The number of nitrogens with two attached hydrogens (primary N) is 1. The maximum atomic E-state index is 10.6. The van der Waals surface area contributed by atoms with Crippen LogP contribution in [0.1, 0.15) is 5.56 Å². The van der Waals surface area contributed by atoms with E-state index >= 15 is 0 Å². The standard InChI is InChI=1S/C10H15N3O3S/c11-4-9-6-12(1-2-16-9)5-8-3-10(13(14)15)17-7-8/h3,7,9H,1-2,4-6,11H2. The van der Waals surface area contributed by atoms with Crippen molar-refractivity contribution < 1.29 is 9.66 Å². The summed E-state index contributed by atoms with van der Waals surface area (Å²) >= 11 is 1.17. The predicted octanol–water partition coefficient (Wildman–Crippen LogP) is 0.816. The van der Waals surface area contributed by atoms with E-state index in [2.05, 4.69) is 4.90 Å². The molecule has 1 aliphatic heterocycles. The van der Waals surface area contributed by atoms with Gasteiger partial charge in [-0.15, -0.1) is 0 Å². The highest BCUT2D eigenvalue weighted by molar-refractivity contribution is 7.13. The van der Waals surface area contributed by atoms with Crippen LogP contribution in [0.2, 0.25) is 0 Å². The number of nitrogens with zero attached hydrogens (tertiary/aromatic N) is 2. The van der Waals surface area contributed by atoms with Crippen molar-refractivity contribution in [1.29, 1.82) is 0 Å². The molecule has 2 N–H and O–H groups in total. The quantitative estimate of drug-likeness (QED) is 0.638. The van der Waals surface area contributed by atoms with Crippen molar-refractivity contribution in [2.75, 3.05) is 26.2 Å². The molecule has 7 heteroatoms. The van der Waals surface area contributed by atoms with Crippen LogP contribution in [0, 0.1) is 10.1 Å². The van der Waals surface area contributed by atoms with Gasteiger partial charge in [-0.1, -0.05) is 11.3 Å². The zero-order valence-electron chi connectivity index (χ0n) is 9.37. The fraction of sp³-hybridized carbons (Fsp3) is 0.600. The Hall–Kier alpha value is -1.02. The number of ether oxygens (including phenoxy) is 1. The fourth-order valence-corrected chi connectivity index (χ4v) is 2.59. The largest absolute Gasteiger partial charge is 0.374 e. The van der Waals surface area contributed by atoms with Gasteiger partial charge in [0, 0.05) is 37.6 Å². The average Bonchev–Trinajstić information content (AvgIpc) is 2.78. The topological polar surface area (TPSA) is 81.6 Å². The van der Waals surface area contributed by atoms with E-state index in [4.69, 9.17) is 10.5 Å². The van der Waals surface area contributed by atoms with Crippen molar-refractivity contribution in [2.45, 2.75) is 12.6 Å². The van der Waals surface area contributed by atoms with Gasteiger partial charge in [0.25, 0.3) is 0 Å². The molecule has 1 aliphatic rings. The maximum Gasteiger partial charge on any atom is 0.324 e. The van der Waals surface area contributed by atoms with Gasteiger partial charge in [0.2, 0.25) is 0 Å². The van der Waals surface area contributed by atoms with Crippen LogP contribution in [0.25, 0.3) is 0 Å². The molecular weight excluding hydrogens is 242 g/mol. The monoisotopic (exact) mass is 257 g/mol. The van der Waals surface area contributed by atoms with E-state index in [1.807, 2.05) is 5.38 Å². The van der Waals surface area contributed by atoms with Crippen LogP contribution in [0.4, 0.5) is 5.00 Å². The SMILES string of the molecule is NCC1CN(Cc2csc([N+](=O)[O-])c2)CCO1. The molecule has 1 saturated heterocycles. The van der Waals surface area contributed by atoms with Gasteiger partial charge in [-0.05, 0) is 5.56 Å². The summed E-state index contributed by atoms with van der Waals surface area (Å²) < 4.78 is 5.47. The lowest BCUT2D eigenvalue weighted by Gasteiger charge is -2.31. The molecule has 0 spiro atoms. The Kier molecular flexibility index (Phi) is 4.06. The molecule has 2 rings (SSSR count). The minimum atomic E-state index is -0.351. The van der Waals surface area contributed by atoms with E-state index in [0.717, 1.165) is 25.2 Å². The van der Waals surface area contributed by atoms with Gasteiger partial charge in [0.15, 0.2) is 0 Å². The molecule has 0 saturated carbocycles. The summed E-state index contributed by atoms with van der Waals surface area (Å²) in [6, 6.07) is 1.64. The molecule has 0 bridgehead atoms. The summed E-state index contributed by atoms with van der Waals surface area (Å²) in [5.41, 5.74) is 6.55. The fourth-order valence-electron chi connectivity index (χ4n) is 1.87. The van der Waals surface area contributed by atoms with E-state index < -0.39 is 0 Å². The summed E-state index contributed by atoms with van der Waals surface area (Å²) in [5.74, 6) is 0. The lowest BCUT2D eigenvalue weighted by Crippen LogP contribution is -2.45. The third-order valence-electron chi connectivity index (χ3n) is 2.71. The van der Waals surface area contributed by atoms with Crippen LogP contribution >= 0.6 is 11.3 Å². The highest BCUT2D eigenvalue weighted by atomic mass is 32.1. The van der Waals surface area contributed by atoms with Gasteiger partial charge in [0.05, 0.1) is 17.6 Å². The van der Waals surface area contributed by atoms with E-state index in [1.54, 1.807) is 6.07 Å². The Labute approximate surface area is 103 Å². The Balaban J connectivity index is 1.93. The Bertz CT molecular complexity index is 396. The van der Waals surface area contributed by atoms with Gasteiger partial charge in [-0.25, -0.2) is 0 Å². The first-order chi connectivity index (χ1) is 8.19. The number of hydrogen-bond donors (Lipinski definition) is 1. The Morgan fingerprint density at radius 3 is 3.18 bits per heavy atom. The zero-order valence-corrected chi connectivity index (χ0v) is 10.2. The van der Waals surface area contributed by atoms with E-state index in [0.29, 0.717) is 13.2 Å². The number of nitro groups is 1. The van der Waals surface area contributed by atoms with Crippen LogP contribution in [0.3, 0.4) is 0 Å². The van der Waals surface area contributed by atoms with Crippen molar-refractivity contribution in [3.05, 3.63) is 27.1 Å². The second kappa shape index (κ2) is 5.54. The van der Waals surface area contributed by atoms with Gasteiger partial charge in [-0.3, -0.25) is 15.0 Å². The summed E-state index contributed by atoms with van der Waals surface area (Å²) in [5, 5.41) is 12.6. The molecule has 1 aromatic heterocycles. The smallest absolute Gasteiger partial charge is 0.324 e.